The number of fused-ring (bicyclic) bond motifs is 1. The summed E-state index contributed by atoms with van der Waals surface area (Å²) in [5, 5.41) is 3.54. The van der Waals surface area contributed by atoms with Crippen LogP contribution in [0.1, 0.15) is 28.7 Å². The number of nitrogens with zero attached hydrogens (tertiary/aromatic N) is 2. The molecule has 0 saturated carbocycles. The molecule has 0 saturated heterocycles. The lowest BCUT2D eigenvalue weighted by molar-refractivity contribution is 0.102. The van der Waals surface area contributed by atoms with E-state index >= 15 is 0 Å². The molecule has 0 unspecified atom stereocenters. The van der Waals surface area contributed by atoms with E-state index in [0.717, 1.165) is 16.9 Å². The number of aromatic nitrogens is 2. The van der Waals surface area contributed by atoms with Gasteiger partial charge >= 0.3 is 0 Å². The summed E-state index contributed by atoms with van der Waals surface area (Å²) in [5.41, 5.74) is 3.93. The molecule has 5 heteroatoms. The predicted molar refractivity (Wildman–Crippen MR) is 88.7 cm³/mol. The number of anilines is 1. The first-order valence-electron chi connectivity index (χ1n) is 7.13. The number of nitrogens with one attached hydrogen (secondary N) is 1. The number of amides is 1. The van der Waals surface area contributed by atoms with Gasteiger partial charge in [-0.15, -0.1) is 0 Å². The molecule has 2 aromatic heterocycles. The van der Waals surface area contributed by atoms with Crippen LogP contribution in [0, 0.1) is 6.92 Å². The van der Waals surface area contributed by atoms with Crippen LogP contribution < -0.4 is 5.32 Å². The molecule has 22 heavy (non-hydrogen) atoms. The third-order valence-electron chi connectivity index (χ3n) is 3.49. The van der Waals surface area contributed by atoms with Crippen molar-refractivity contribution in [1.29, 1.82) is 0 Å². The molecular weight excluding hydrogens is 298 g/mol. The van der Waals surface area contributed by atoms with Crippen LogP contribution in [0.25, 0.3) is 5.65 Å². The van der Waals surface area contributed by atoms with Crippen molar-refractivity contribution in [2.24, 2.45) is 0 Å². The van der Waals surface area contributed by atoms with E-state index < -0.39 is 0 Å². The highest BCUT2D eigenvalue weighted by atomic mass is 35.5. The number of imidazole rings is 1. The number of rotatable bonds is 3. The zero-order valence-corrected chi connectivity index (χ0v) is 13.2. The van der Waals surface area contributed by atoms with E-state index in [2.05, 4.69) is 10.3 Å². The summed E-state index contributed by atoms with van der Waals surface area (Å²) in [4.78, 5) is 17.2. The van der Waals surface area contributed by atoms with Crippen molar-refractivity contribution in [2.75, 3.05) is 5.32 Å². The molecular formula is C17H16ClN3O. The molecule has 0 spiro atoms. The maximum Gasteiger partial charge on any atom is 0.274 e. The molecule has 0 bridgehead atoms. The Labute approximate surface area is 133 Å². The molecule has 1 amide bonds. The van der Waals surface area contributed by atoms with Crippen molar-refractivity contribution in [3.63, 3.8) is 0 Å². The zero-order valence-electron chi connectivity index (χ0n) is 12.4. The van der Waals surface area contributed by atoms with Crippen LogP contribution in [0.4, 0.5) is 5.69 Å². The van der Waals surface area contributed by atoms with Gasteiger partial charge in [0.15, 0.2) is 0 Å². The highest BCUT2D eigenvalue weighted by molar-refractivity contribution is 6.30. The lowest BCUT2D eigenvalue weighted by Gasteiger charge is -2.07. The summed E-state index contributed by atoms with van der Waals surface area (Å²) in [6, 6.07) is 11.0. The lowest BCUT2D eigenvalue weighted by Crippen LogP contribution is -2.16. The van der Waals surface area contributed by atoms with E-state index in [1.54, 1.807) is 24.3 Å². The summed E-state index contributed by atoms with van der Waals surface area (Å²) < 4.78 is 1.85. The van der Waals surface area contributed by atoms with Gasteiger partial charge in [0, 0.05) is 16.9 Å². The first-order valence-corrected chi connectivity index (χ1v) is 7.51. The van der Waals surface area contributed by atoms with Crippen molar-refractivity contribution in [1.82, 2.24) is 9.38 Å². The topological polar surface area (TPSA) is 46.4 Å². The first-order chi connectivity index (χ1) is 10.6. The average molecular weight is 314 g/mol. The highest BCUT2D eigenvalue weighted by Gasteiger charge is 2.18. The summed E-state index contributed by atoms with van der Waals surface area (Å²) in [7, 11) is 0. The van der Waals surface area contributed by atoms with Gasteiger partial charge in [0.05, 0.1) is 5.69 Å². The zero-order chi connectivity index (χ0) is 15.7. The van der Waals surface area contributed by atoms with Gasteiger partial charge in [-0.1, -0.05) is 24.6 Å². The van der Waals surface area contributed by atoms with Crippen LogP contribution >= 0.6 is 11.6 Å². The first kappa shape index (κ1) is 14.6. The van der Waals surface area contributed by atoms with Crippen LogP contribution in [-0.4, -0.2) is 15.3 Å². The van der Waals surface area contributed by atoms with E-state index in [4.69, 9.17) is 11.6 Å². The van der Waals surface area contributed by atoms with Crippen molar-refractivity contribution < 1.29 is 4.79 Å². The Kier molecular flexibility index (Phi) is 3.86. The fourth-order valence-electron chi connectivity index (χ4n) is 2.41. The lowest BCUT2D eigenvalue weighted by atomic mass is 10.2. The maximum atomic E-state index is 12.7. The third kappa shape index (κ3) is 2.70. The van der Waals surface area contributed by atoms with Gasteiger partial charge < -0.3 is 5.32 Å². The molecule has 1 aromatic carbocycles. The van der Waals surface area contributed by atoms with Gasteiger partial charge in [0.1, 0.15) is 11.3 Å². The monoisotopic (exact) mass is 313 g/mol. The Bertz CT molecular complexity index is 837. The second-order valence-electron chi connectivity index (χ2n) is 5.16. The molecule has 112 valence electrons. The van der Waals surface area contributed by atoms with Crippen molar-refractivity contribution in [3.05, 3.63) is 64.6 Å². The van der Waals surface area contributed by atoms with E-state index in [0.29, 0.717) is 22.8 Å². The molecule has 2 heterocycles. The average Bonchev–Trinajstić information content (AvgIpc) is 2.87. The molecule has 0 fully saturated rings. The normalized spacial score (nSPS) is 10.9. The van der Waals surface area contributed by atoms with Gasteiger partial charge in [-0.3, -0.25) is 9.20 Å². The van der Waals surface area contributed by atoms with E-state index in [-0.39, 0.29) is 5.91 Å². The quantitative estimate of drug-likeness (QED) is 0.791. The number of aryl methyl sites for hydroxylation is 2. The van der Waals surface area contributed by atoms with Gasteiger partial charge in [-0.05, 0) is 49.2 Å². The Morgan fingerprint density at radius 3 is 2.64 bits per heavy atom. The maximum absolute atomic E-state index is 12.7. The summed E-state index contributed by atoms with van der Waals surface area (Å²) in [5.74, 6) is -0.169. The van der Waals surface area contributed by atoms with E-state index in [1.165, 1.54) is 0 Å². The van der Waals surface area contributed by atoms with E-state index in [9.17, 15) is 4.79 Å². The second kappa shape index (κ2) is 5.81. The number of hydrogen-bond donors (Lipinski definition) is 1. The molecule has 0 radical (unpaired) electrons. The second-order valence-corrected chi connectivity index (χ2v) is 5.59. The standard InChI is InChI=1S/C17H16ClN3O/c1-3-14-16(21-10-11(2)4-9-15(21)20-14)17(22)19-13-7-5-12(18)6-8-13/h4-10H,3H2,1-2H3,(H,19,22). The number of halogens is 1. The highest BCUT2D eigenvalue weighted by Crippen LogP contribution is 2.18. The Morgan fingerprint density at radius 2 is 1.95 bits per heavy atom. The molecule has 3 aromatic rings. The molecule has 0 aliphatic carbocycles. The molecule has 0 aliphatic rings. The van der Waals surface area contributed by atoms with Crippen molar-refractivity contribution >= 4 is 28.8 Å². The molecule has 0 aliphatic heterocycles. The number of carbonyl (C=O) groups is 1. The Hall–Kier alpha value is -2.33. The number of carbonyl (C=O) groups excluding carboxylic acids is 1. The minimum Gasteiger partial charge on any atom is -0.321 e. The molecule has 0 atom stereocenters. The Morgan fingerprint density at radius 1 is 1.23 bits per heavy atom. The summed E-state index contributed by atoms with van der Waals surface area (Å²) in [6.45, 7) is 3.99. The number of pyridine rings is 1. The van der Waals surface area contributed by atoms with Crippen molar-refractivity contribution in [2.45, 2.75) is 20.3 Å². The van der Waals surface area contributed by atoms with Crippen LogP contribution in [0.5, 0.6) is 0 Å². The number of hydrogen-bond acceptors (Lipinski definition) is 2. The minimum absolute atomic E-state index is 0.169. The minimum atomic E-state index is -0.169. The predicted octanol–water partition coefficient (Wildman–Crippen LogP) is 4.11. The number of benzene rings is 1. The van der Waals surface area contributed by atoms with Crippen LogP contribution in [0.2, 0.25) is 5.02 Å². The van der Waals surface area contributed by atoms with Gasteiger partial charge in [0.2, 0.25) is 0 Å². The smallest absolute Gasteiger partial charge is 0.274 e. The van der Waals surface area contributed by atoms with Crippen molar-refractivity contribution in [3.8, 4) is 0 Å². The van der Waals surface area contributed by atoms with Crippen LogP contribution in [-0.2, 0) is 6.42 Å². The van der Waals surface area contributed by atoms with Gasteiger partial charge in [-0.25, -0.2) is 4.98 Å². The van der Waals surface area contributed by atoms with E-state index in [1.807, 2.05) is 36.6 Å². The summed E-state index contributed by atoms with van der Waals surface area (Å²) in [6.07, 6.45) is 2.63. The fraction of sp³-hybridized carbons (Fsp3) is 0.176. The molecule has 4 nitrogen and oxygen atoms in total. The van der Waals surface area contributed by atoms with Gasteiger partial charge in [-0.2, -0.15) is 0 Å². The largest absolute Gasteiger partial charge is 0.321 e. The molecule has 1 N–H and O–H groups in total. The molecule has 3 rings (SSSR count). The van der Waals surface area contributed by atoms with Gasteiger partial charge in [0.25, 0.3) is 5.91 Å². The summed E-state index contributed by atoms with van der Waals surface area (Å²) >= 11 is 5.86. The van der Waals surface area contributed by atoms with Crippen LogP contribution in [0.15, 0.2) is 42.6 Å². The SMILES string of the molecule is CCc1nc2ccc(C)cn2c1C(=O)Nc1ccc(Cl)cc1. The van der Waals surface area contributed by atoms with Crippen LogP contribution in [0.3, 0.4) is 0 Å². The fourth-order valence-corrected chi connectivity index (χ4v) is 2.54. The third-order valence-corrected chi connectivity index (χ3v) is 3.74. The Balaban J connectivity index is 2.02.